The van der Waals surface area contributed by atoms with E-state index in [0.29, 0.717) is 41.2 Å². The van der Waals surface area contributed by atoms with Gasteiger partial charge in [-0.25, -0.2) is 0 Å². The molecule has 2 aliphatic heterocycles. The van der Waals surface area contributed by atoms with E-state index in [1.807, 2.05) is 12.1 Å². The lowest BCUT2D eigenvalue weighted by Gasteiger charge is -2.32. The van der Waals surface area contributed by atoms with Crippen LogP contribution in [0.2, 0.25) is 0 Å². The van der Waals surface area contributed by atoms with Crippen molar-refractivity contribution in [2.75, 3.05) is 0 Å². The summed E-state index contributed by atoms with van der Waals surface area (Å²) < 4.78 is 32.0. The second-order valence-corrected chi connectivity index (χ2v) is 12.0. The first-order valence-electron chi connectivity index (χ1n) is 14.8. The zero-order chi connectivity index (χ0) is 27.7. The van der Waals surface area contributed by atoms with Gasteiger partial charge in [-0.2, -0.15) is 8.78 Å². The van der Waals surface area contributed by atoms with E-state index in [0.717, 1.165) is 24.5 Å². The standard InChI is InChI=1S/C35H37F2NO2.3H2/c1-23-17-27-8-2-3-13-32(27)34(38-22-23)29-12-5-10-26(20-29)25-9-4-7-24(18-25)19-30(39)21-28-11-6-14-33-31(28)15-16-35(36,37)40-33;;;/h3-4,6-7,9,11,13-16,18,22-23,26-27,29H,2,5,8,10,12,17,19-21H2,1H3;3*1H. The minimum absolute atomic E-state index is 0. The maximum atomic E-state index is 13.6. The normalized spacial score (nSPS) is 27.0. The summed E-state index contributed by atoms with van der Waals surface area (Å²) in [4.78, 5) is 18.2. The van der Waals surface area contributed by atoms with E-state index in [4.69, 9.17) is 9.73 Å². The summed E-state index contributed by atoms with van der Waals surface area (Å²) in [6, 6.07) is 13.5. The van der Waals surface area contributed by atoms with E-state index < -0.39 is 6.11 Å². The first-order valence-corrected chi connectivity index (χ1v) is 14.8. The van der Waals surface area contributed by atoms with Gasteiger partial charge < -0.3 is 4.74 Å². The average molecular weight is 548 g/mol. The Morgan fingerprint density at radius 3 is 2.77 bits per heavy atom. The lowest BCUT2D eigenvalue weighted by atomic mass is 9.74. The molecule has 2 heterocycles. The summed E-state index contributed by atoms with van der Waals surface area (Å²) in [5, 5.41) is 0. The maximum Gasteiger partial charge on any atom is 0.419 e. The Bertz CT molecular complexity index is 1420. The fourth-order valence-electron chi connectivity index (χ4n) is 7.05. The number of hydrogen-bond acceptors (Lipinski definition) is 3. The van der Waals surface area contributed by atoms with Crippen LogP contribution < -0.4 is 4.74 Å². The number of benzene rings is 2. The second kappa shape index (κ2) is 11.3. The van der Waals surface area contributed by atoms with Crippen molar-refractivity contribution < 1.29 is 22.6 Å². The molecule has 0 saturated heterocycles. The zero-order valence-corrected chi connectivity index (χ0v) is 23.1. The van der Waals surface area contributed by atoms with Gasteiger partial charge in [-0.15, -0.1) is 0 Å². The molecule has 4 atom stereocenters. The molecular formula is C35H43F2NO2. The Kier molecular flexibility index (Phi) is 7.57. The number of aliphatic imine (C=N–C) groups is 1. The quantitative estimate of drug-likeness (QED) is 0.361. The molecule has 5 heteroatoms. The molecule has 2 aromatic carbocycles. The van der Waals surface area contributed by atoms with Crippen LogP contribution in [0.15, 0.2) is 77.0 Å². The van der Waals surface area contributed by atoms with Crippen LogP contribution in [-0.2, 0) is 17.6 Å². The number of nitrogens with zero attached hydrogens (tertiary/aromatic N) is 1. The van der Waals surface area contributed by atoms with Crippen LogP contribution in [0.1, 0.15) is 84.3 Å². The molecule has 0 N–H and O–H groups in total. The van der Waals surface area contributed by atoms with E-state index in [-0.39, 0.29) is 22.2 Å². The number of rotatable bonds is 6. The molecule has 0 aromatic heterocycles. The monoisotopic (exact) mass is 547 g/mol. The Labute approximate surface area is 240 Å². The van der Waals surface area contributed by atoms with Gasteiger partial charge in [0.2, 0.25) is 0 Å². The Hall–Kier alpha value is -3.34. The third kappa shape index (κ3) is 5.89. The van der Waals surface area contributed by atoms with Crippen molar-refractivity contribution >= 4 is 18.1 Å². The van der Waals surface area contributed by atoms with E-state index in [1.54, 1.807) is 6.07 Å². The number of alkyl halides is 2. The summed E-state index contributed by atoms with van der Waals surface area (Å²) in [6.45, 7) is 2.29. The molecule has 214 valence electrons. The summed E-state index contributed by atoms with van der Waals surface area (Å²) in [6.07, 6.45) is 14.4. The minimum Gasteiger partial charge on any atom is -0.429 e. The molecule has 0 radical (unpaired) electrons. The van der Waals surface area contributed by atoms with Gasteiger partial charge in [0.05, 0.1) is 0 Å². The maximum absolute atomic E-state index is 13.6. The third-order valence-electron chi connectivity index (χ3n) is 8.96. The lowest BCUT2D eigenvalue weighted by Crippen LogP contribution is -2.24. The van der Waals surface area contributed by atoms with Gasteiger partial charge in [-0.1, -0.05) is 61.9 Å². The van der Waals surface area contributed by atoms with Crippen molar-refractivity contribution in [1.29, 1.82) is 0 Å². The van der Waals surface area contributed by atoms with Gasteiger partial charge in [-0.05, 0) is 90.7 Å². The first-order chi connectivity index (χ1) is 19.3. The zero-order valence-electron chi connectivity index (χ0n) is 23.1. The van der Waals surface area contributed by atoms with Crippen molar-refractivity contribution in [3.05, 3.63) is 94.2 Å². The van der Waals surface area contributed by atoms with Crippen LogP contribution in [0.4, 0.5) is 8.78 Å². The molecule has 1 saturated carbocycles. The second-order valence-electron chi connectivity index (χ2n) is 12.0. The number of Topliss-reactive ketones (excluding diaryl/α,β-unsaturated/α-hetero) is 1. The number of carbonyl (C=O) groups excluding carboxylic acids is 1. The fraction of sp³-hybridized carbons (Fsp3) is 0.429. The molecule has 0 spiro atoms. The molecule has 40 heavy (non-hydrogen) atoms. The van der Waals surface area contributed by atoms with Crippen molar-refractivity contribution in [3.8, 4) is 5.75 Å². The van der Waals surface area contributed by atoms with E-state index in [2.05, 4.69) is 43.5 Å². The smallest absolute Gasteiger partial charge is 0.419 e. The molecule has 3 nitrogen and oxygen atoms in total. The van der Waals surface area contributed by atoms with E-state index in [1.165, 1.54) is 61.1 Å². The minimum atomic E-state index is -3.32. The van der Waals surface area contributed by atoms with Crippen LogP contribution in [0.25, 0.3) is 6.08 Å². The summed E-state index contributed by atoms with van der Waals surface area (Å²) in [5.41, 5.74) is 6.38. The SMILES string of the molecule is CC1C=NC(C2CCCC(c3cccc(CC(=O)Cc4cccc5c4C=CC(F)(F)O5)c3)C2)=C2C=CCCC2C1.[HH].[HH].[HH]. The van der Waals surface area contributed by atoms with Crippen LogP contribution in [0, 0.1) is 17.8 Å². The Balaban J connectivity index is 0.00000169. The molecular weight excluding hydrogens is 504 g/mol. The number of allylic oxidation sites excluding steroid dienone is 4. The van der Waals surface area contributed by atoms with Crippen molar-refractivity contribution in [2.24, 2.45) is 22.7 Å². The predicted octanol–water partition coefficient (Wildman–Crippen LogP) is 9.38. The topological polar surface area (TPSA) is 38.7 Å². The average Bonchev–Trinajstić information content (AvgIpc) is 3.11. The molecule has 6 rings (SSSR count). The number of fused-ring (bicyclic) bond motifs is 2. The summed E-state index contributed by atoms with van der Waals surface area (Å²) in [5.74, 6) is 2.24. The van der Waals surface area contributed by atoms with Gasteiger partial charge in [0.1, 0.15) is 11.5 Å². The third-order valence-corrected chi connectivity index (χ3v) is 8.96. The highest BCUT2D eigenvalue weighted by Gasteiger charge is 2.33. The Morgan fingerprint density at radius 2 is 1.88 bits per heavy atom. The molecule has 2 aliphatic carbocycles. The number of ketones is 1. The number of hydrogen-bond donors (Lipinski definition) is 0. The summed E-state index contributed by atoms with van der Waals surface area (Å²) >= 11 is 0. The number of halogens is 2. The highest BCUT2D eigenvalue weighted by molar-refractivity contribution is 5.84. The van der Waals surface area contributed by atoms with E-state index >= 15 is 0 Å². The predicted molar refractivity (Wildman–Crippen MR) is 162 cm³/mol. The van der Waals surface area contributed by atoms with Crippen LogP contribution >= 0.6 is 0 Å². The van der Waals surface area contributed by atoms with Crippen molar-refractivity contribution in [2.45, 2.75) is 76.7 Å². The number of ether oxygens (including phenoxy) is 1. The Morgan fingerprint density at radius 1 is 1.02 bits per heavy atom. The van der Waals surface area contributed by atoms with Crippen molar-refractivity contribution in [1.82, 2.24) is 0 Å². The van der Waals surface area contributed by atoms with Crippen LogP contribution in [-0.4, -0.2) is 18.1 Å². The fourth-order valence-corrected chi connectivity index (χ4v) is 7.05. The van der Waals surface area contributed by atoms with Gasteiger partial charge in [0.25, 0.3) is 0 Å². The van der Waals surface area contributed by atoms with Gasteiger partial charge in [-0.3, -0.25) is 9.79 Å². The van der Waals surface area contributed by atoms with Gasteiger partial charge in [0, 0.05) is 46.6 Å². The molecule has 0 amide bonds. The van der Waals surface area contributed by atoms with E-state index in [9.17, 15) is 13.6 Å². The largest absolute Gasteiger partial charge is 0.429 e. The van der Waals surface area contributed by atoms with Gasteiger partial charge >= 0.3 is 6.11 Å². The lowest BCUT2D eigenvalue weighted by molar-refractivity contribution is -0.132. The number of carbonyl (C=O) groups is 1. The highest BCUT2D eigenvalue weighted by atomic mass is 19.3. The molecule has 4 unspecified atom stereocenters. The first kappa shape index (κ1) is 26.9. The van der Waals surface area contributed by atoms with Crippen LogP contribution in [0.5, 0.6) is 5.75 Å². The van der Waals surface area contributed by atoms with Crippen LogP contribution in [0.3, 0.4) is 0 Å². The molecule has 2 aromatic rings. The molecule has 4 aliphatic rings. The molecule has 0 bridgehead atoms. The van der Waals surface area contributed by atoms with Crippen molar-refractivity contribution in [3.63, 3.8) is 0 Å². The summed E-state index contributed by atoms with van der Waals surface area (Å²) in [7, 11) is 0. The highest BCUT2D eigenvalue weighted by Crippen LogP contribution is 2.44. The molecule has 1 fully saturated rings. The van der Waals surface area contributed by atoms with Gasteiger partial charge in [0.15, 0.2) is 0 Å².